The molecule has 0 unspecified atom stereocenters. The summed E-state index contributed by atoms with van der Waals surface area (Å²) in [6.45, 7) is 12.8. The molecule has 0 aliphatic heterocycles. The van der Waals surface area contributed by atoms with Crippen molar-refractivity contribution in [1.29, 1.82) is 0 Å². The van der Waals surface area contributed by atoms with Crippen molar-refractivity contribution in [2.75, 3.05) is 0 Å². The number of benzene rings is 12. The van der Waals surface area contributed by atoms with Crippen LogP contribution in [-0.2, 0) is 0 Å². The summed E-state index contributed by atoms with van der Waals surface area (Å²) in [5.41, 5.74) is 13.6. The summed E-state index contributed by atoms with van der Waals surface area (Å²) in [7, 11) is 0. The predicted octanol–water partition coefficient (Wildman–Crippen LogP) is 24.8. The van der Waals surface area contributed by atoms with Crippen molar-refractivity contribution < 1.29 is 13.3 Å². The van der Waals surface area contributed by atoms with E-state index in [-0.39, 0.29) is 0 Å². The lowest BCUT2D eigenvalue weighted by Crippen LogP contribution is -1.72. The number of aryl methyl sites for hydroxylation is 6. The Labute approximate surface area is 499 Å². The number of hydrogen-bond acceptors (Lipinski definition) is 6. The van der Waals surface area contributed by atoms with E-state index in [1.807, 2.05) is 107 Å². The summed E-state index contributed by atoms with van der Waals surface area (Å²) in [4.78, 5) is 0. The average molecular weight is 1140 g/mol. The van der Waals surface area contributed by atoms with Gasteiger partial charge in [0.05, 0.1) is 0 Å². The molecule has 6 heteroatoms. The summed E-state index contributed by atoms with van der Waals surface area (Å²) < 4.78 is 25.6. The number of thiophene rings is 3. The molecular formula is C78H60O3S3. The Morgan fingerprint density at radius 3 is 1.33 bits per heavy atom. The largest absolute Gasteiger partial charge is 0.456 e. The van der Waals surface area contributed by atoms with Crippen molar-refractivity contribution in [2.24, 2.45) is 0 Å². The van der Waals surface area contributed by atoms with E-state index in [0.29, 0.717) is 0 Å². The third kappa shape index (κ3) is 10.8. The summed E-state index contributed by atoms with van der Waals surface area (Å²) in [6, 6.07) is 88.8. The van der Waals surface area contributed by atoms with Gasteiger partial charge >= 0.3 is 0 Å². The molecule has 0 amide bonds. The molecule has 0 fully saturated rings. The van der Waals surface area contributed by atoms with Crippen LogP contribution in [-0.4, -0.2) is 0 Å². The van der Waals surface area contributed by atoms with Gasteiger partial charge in [-0.05, 0) is 137 Å². The molecule has 6 heterocycles. The van der Waals surface area contributed by atoms with Gasteiger partial charge < -0.3 is 13.3 Å². The smallest absolute Gasteiger partial charge is 0.138 e. The molecule has 0 N–H and O–H groups in total. The quantitative estimate of drug-likeness (QED) is 0.152. The minimum atomic E-state index is 0.966. The van der Waals surface area contributed by atoms with Gasteiger partial charge in [0, 0.05) is 92.8 Å². The Morgan fingerprint density at radius 2 is 0.631 bits per heavy atom. The molecule has 0 radical (unpaired) electrons. The highest BCUT2D eigenvalue weighted by molar-refractivity contribution is 7.26. The van der Waals surface area contributed by atoms with Crippen molar-refractivity contribution in [1.82, 2.24) is 0 Å². The number of furan rings is 3. The van der Waals surface area contributed by atoms with E-state index >= 15 is 0 Å². The van der Waals surface area contributed by atoms with Crippen LogP contribution in [0.2, 0.25) is 0 Å². The molecule has 18 aromatic rings. The average Bonchev–Trinajstić information content (AvgIpc) is 4.29. The van der Waals surface area contributed by atoms with Crippen molar-refractivity contribution in [2.45, 2.75) is 41.5 Å². The van der Waals surface area contributed by atoms with Crippen molar-refractivity contribution >= 4 is 160 Å². The molecule has 18 rings (SSSR count). The van der Waals surface area contributed by atoms with E-state index < -0.39 is 0 Å². The molecule has 6 aromatic heterocycles. The summed E-state index contributed by atoms with van der Waals surface area (Å²) in [5, 5.41) is 15.6. The monoisotopic (exact) mass is 1140 g/mol. The first kappa shape index (κ1) is 54.0. The second-order valence-electron chi connectivity index (χ2n) is 21.4. The molecule has 0 saturated heterocycles. The molecule has 0 aliphatic carbocycles. The maximum atomic E-state index is 5.78. The normalized spacial score (nSPS) is 11.2. The third-order valence-corrected chi connectivity index (χ3v) is 19.0. The van der Waals surface area contributed by atoms with E-state index in [0.717, 1.165) is 33.5 Å². The lowest BCUT2D eigenvalue weighted by atomic mass is 10.1. The van der Waals surface area contributed by atoms with E-state index in [1.54, 1.807) is 0 Å². The zero-order valence-electron chi connectivity index (χ0n) is 47.7. The predicted molar refractivity (Wildman–Crippen MR) is 368 cm³/mol. The second kappa shape index (κ2) is 23.5. The minimum absolute atomic E-state index is 0.966. The number of para-hydroxylation sites is 4. The van der Waals surface area contributed by atoms with Crippen LogP contribution in [0, 0.1) is 41.5 Å². The Bertz CT molecular complexity index is 5100. The number of fused-ring (bicyclic) bond motifs is 18. The lowest BCUT2D eigenvalue weighted by molar-refractivity contribution is 0.665. The molecule has 12 aromatic carbocycles. The van der Waals surface area contributed by atoms with Gasteiger partial charge in [0.2, 0.25) is 0 Å². The van der Waals surface area contributed by atoms with Crippen LogP contribution in [0.4, 0.5) is 0 Å². The topological polar surface area (TPSA) is 39.4 Å². The van der Waals surface area contributed by atoms with Gasteiger partial charge in [-0.1, -0.05) is 193 Å². The van der Waals surface area contributed by atoms with Crippen molar-refractivity contribution in [3.63, 3.8) is 0 Å². The fourth-order valence-corrected chi connectivity index (χ4v) is 14.7. The van der Waals surface area contributed by atoms with Gasteiger partial charge in [0.25, 0.3) is 0 Å². The molecule has 0 aliphatic rings. The Hall–Kier alpha value is -9.30. The van der Waals surface area contributed by atoms with Gasteiger partial charge in [0.1, 0.15) is 33.5 Å². The molecule has 0 spiro atoms. The van der Waals surface area contributed by atoms with Crippen LogP contribution in [0.3, 0.4) is 0 Å². The summed E-state index contributed by atoms with van der Waals surface area (Å²) in [6.07, 6.45) is 0. The van der Waals surface area contributed by atoms with Gasteiger partial charge in [-0.2, -0.15) is 0 Å². The third-order valence-electron chi connectivity index (χ3n) is 15.4. The fraction of sp³-hybridized carbons (Fsp3) is 0.0769. The first-order valence-electron chi connectivity index (χ1n) is 28.4. The molecule has 0 bridgehead atoms. The summed E-state index contributed by atoms with van der Waals surface area (Å²) >= 11 is 5.63. The Kier molecular flexibility index (Phi) is 15.1. The molecule has 408 valence electrons. The van der Waals surface area contributed by atoms with E-state index in [4.69, 9.17) is 13.3 Å². The van der Waals surface area contributed by atoms with Crippen molar-refractivity contribution in [3.8, 4) is 0 Å². The first-order chi connectivity index (χ1) is 41.1. The van der Waals surface area contributed by atoms with Crippen LogP contribution in [0.25, 0.3) is 126 Å². The molecule has 3 nitrogen and oxygen atoms in total. The zero-order chi connectivity index (χ0) is 57.3. The molecule has 0 atom stereocenters. The second-order valence-corrected chi connectivity index (χ2v) is 24.7. The lowest BCUT2D eigenvalue weighted by Gasteiger charge is -1.93. The Balaban J connectivity index is 0.0000000940. The van der Waals surface area contributed by atoms with E-state index in [9.17, 15) is 0 Å². The SMILES string of the molecule is Cc1ccc2c(c1)sc1ccccc12.Cc1ccc2oc3ccccc3c2c1.Cc1ccc2sc3ccccc3c2c1.Cc1cccc2c1oc1ccccc12.Cc1cccc2c1sc1ccccc12.Cc1cccc2oc3ccccc3c12. The molecule has 84 heavy (non-hydrogen) atoms. The highest BCUT2D eigenvalue weighted by atomic mass is 32.1. The fourth-order valence-electron chi connectivity index (χ4n) is 11.2. The zero-order valence-corrected chi connectivity index (χ0v) is 50.1. The first-order valence-corrected chi connectivity index (χ1v) is 30.8. The van der Waals surface area contributed by atoms with Gasteiger partial charge in [0.15, 0.2) is 0 Å². The van der Waals surface area contributed by atoms with Crippen LogP contribution in [0.1, 0.15) is 33.4 Å². The van der Waals surface area contributed by atoms with Crippen LogP contribution in [0.15, 0.2) is 268 Å². The standard InChI is InChI=1S/3C13H10O.3C13H10S/c1-9-5-4-7-11-10-6-2-3-8-12(10)14-13(9)11;1-9-5-4-8-12-13(9)10-6-2-3-7-11(10)14-12;1-9-6-7-13-11(8-9)10-4-2-3-5-12(10)14-13;1-9-5-4-7-11-10-6-2-3-8-12(10)14-13(9)11;1-9-6-7-13-11(8-9)10-4-2-3-5-12(10)14-13;1-9-6-7-11-10-4-2-3-5-12(10)14-13(11)8-9/h6*2-8H,1H3. The van der Waals surface area contributed by atoms with Gasteiger partial charge in [-0.3, -0.25) is 0 Å². The molecule has 0 saturated carbocycles. The van der Waals surface area contributed by atoms with E-state index in [2.05, 4.69) is 224 Å². The van der Waals surface area contributed by atoms with Crippen LogP contribution >= 0.6 is 34.0 Å². The van der Waals surface area contributed by atoms with Gasteiger partial charge in [-0.25, -0.2) is 0 Å². The Morgan fingerprint density at radius 1 is 0.226 bits per heavy atom. The maximum absolute atomic E-state index is 5.78. The summed E-state index contributed by atoms with van der Waals surface area (Å²) in [5.74, 6) is 0. The van der Waals surface area contributed by atoms with Crippen molar-refractivity contribution in [3.05, 3.63) is 288 Å². The highest BCUT2D eigenvalue weighted by Crippen LogP contribution is 2.38. The highest BCUT2D eigenvalue weighted by Gasteiger charge is 2.11. The number of rotatable bonds is 0. The van der Waals surface area contributed by atoms with Gasteiger partial charge in [-0.15, -0.1) is 34.0 Å². The van der Waals surface area contributed by atoms with Crippen LogP contribution in [0.5, 0.6) is 0 Å². The van der Waals surface area contributed by atoms with E-state index in [1.165, 1.54) is 126 Å². The maximum Gasteiger partial charge on any atom is 0.138 e. The minimum Gasteiger partial charge on any atom is -0.456 e. The van der Waals surface area contributed by atoms with Crippen LogP contribution < -0.4 is 0 Å². The molecular weight excluding hydrogens is 1080 g/mol. The number of hydrogen-bond donors (Lipinski definition) is 0.